The predicted molar refractivity (Wildman–Crippen MR) is 107 cm³/mol. The number of hydrogen-bond acceptors (Lipinski definition) is 6. The van der Waals surface area contributed by atoms with Gasteiger partial charge < -0.3 is 10.2 Å². The monoisotopic (exact) mass is 373 g/mol. The molecule has 4 aliphatic heterocycles. The van der Waals surface area contributed by atoms with E-state index in [4.69, 9.17) is 0 Å². The molecule has 0 amide bonds. The van der Waals surface area contributed by atoms with Crippen molar-refractivity contribution in [2.75, 3.05) is 57.3 Å². The SMILES string of the molecule is C1CC2CNCCN2C1.O=[N+]([O-])c1ccc(N2CCN3CCCC3C2)cc1. The second-order valence-corrected chi connectivity index (χ2v) is 8.09. The molecule has 148 valence electrons. The molecule has 4 saturated heterocycles. The third kappa shape index (κ3) is 4.42. The molecule has 0 spiro atoms. The first kappa shape index (κ1) is 18.7. The van der Waals surface area contributed by atoms with Crippen LogP contribution in [0.15, 0.2) is 24.3 Å². The summed E-state index contributed by atoms with van der Waals surface area (Å²) in [6, 6.07) is 8.48. The molecule has 0 radical (unpaired) electrons. The molecule has 0 bridgehead atoms. The highest BCUT2D eigenvalue weighted by Gasteiger charge is 2.30. The highest BCUT2D eigenvalue weighted by atomic mass is 16.6. The number of piperazine rings is 2. The molecule has 7 nitrogen and oxygen atoms in total. The van der Waals surface area contributed by atoms with E-state index in [1.54, 1.807) is 12.1 Å². The Morgan fingerprint density at radius 3 is 2.33 bits per heavy atom. The molecular weight excluding hydrogens is 342 g/mol. The molecule has 1 aromatic carbocycles. The number of non-ortho nitro benzene ring substituents is 1. The van der Waals surface area contributed by atoms with E-state index in [-0.39, 0.29) is 10.6 Å². The van der Waals surface area contributed by atoms with Crippen molar-refractivity contribution < 1.29 is 4.92 Å². The van der Waals surface area contributed by atoms with Crippen LogP contribution >= 0.6 is 0 Å². The molecule has 1 aromatic rings. The van der Waals surface area contributed by atoms with Crippen molar-refractivity contribution in [1.82, 2.24) is 15.1 Å². The minimum Gasteiger partial charge on any atom is -0.369 e. The number of nitrogens with zero attached hydrogens (tertiary/aromatic N) is 4. The maximum absolute atomic E-state index is 10.6. The van der Waals surface area contributed by atoms with Crippen molar-refractivity contribution in [2.45, 2.75) is 37.8 Å². The summed E-state index contributed by atoms with van der Waals surface area (Å²) in [7, 11) is 0. The standard InChI is InChI=1S/C13H17N3O2.C7H14N2/c17-16(18)12-5-3-11(4-6-12)15-9-8-14-7-1-2-13(14)10-15;1-2-7-6-8-3-5-9(7)4-1/h3-6,13H,1-2,7-10H2;7-8H,1-6H2. The van der Waals surface area contributed by atoms with Crippen LogP contribution in [0.4, 0.5) is 11.4 Å². The number of rotatable bonds is 2. The summed E-state index contributed by atoms with van der Waals surface area (Å²) in [6.07, 6.45) is 5.43. The van der Waals surface area contributed by atoms with E-state index in [1.165, 1.54) is 58.4 Å². The predicted octanol–water partition coefficient (Wildman–Crippen LogP) is 1.93. The highest BCUT2D eigenvalue weighted by Crippen LogP contribution is 2.26. The molecule has 4 fully saturated rings. The number of nitro groups is 1. The number of nitro benzene ring substituents is 1. The van der Waals surface area contributed by atoms with Gasteiger partial charge in [-0.2, -0.15) is 0 Å². The van der Waals surface area contributed by atoms with Crippen molar-refractivity contribution in [1.29, 1.82) is 0 Å². The van der Waals surface area contributed by atoms with Crippen molar-refractivity contribution >= 4 is 11.4 Å². The Kier molecular flexibility index (Phi) is 5.90. The molecule has 4 heterocycles. The van der Waals surface area contributed by atoms with Crippen LogP contribution in [0.1, 0.15) is 25.7 Å². The van der Waals surface area contributed by atoms with Gasteiger partial charge in [0.1, 0.15) is 0 Å². The minimum absolute atomic E-state index is 0.165. The molecule has 4 aliphatic rings. The summed E-state index contributed by atoms with van der Waals surface area (Å²) in [5.74, 6) is 0. The summed E-state index contributed by atoms with van der Waals surface area (Å²) in [6.45, 7) is 9.50. The Labute approximate surface area is 161 Å². The van der Waals surface area contributed by atoms with Crippen LogP contribution in [0.5, 0.6) is 0 Å². The van der Waals surface area contributed by atoms with E-state index in [9.17, 15) is 10.1 Å². The van der Waals surface area contributed by atoms with Crippen LogP contribution in [-0.4, -0.2) is 79.2 Å². The molecule has 5 rings (SSSR count). The van der Waals surface area contributed by atoms with E-state index < -0.39 is 0 Å². The van der Waals surface area contributed by atoms with Crippen LogP contribution in [0.3, 0.4) is 0 Å². The number of benzene rings is 1. The Hall–Kier alpha value is -1.70. The first-order valence-corrected chi connectivity index (χ1v) is 10.4. The van der Waals surface area contributed by atoms with E-state index in [1.807, 2.05) is 12.1 Å². The fraction of sp³-hybridized carbons (Fsp3) is 0.700. The van der Waals surface area contributed by atoms with Gasteiger partial charge in [-0.05, 0) is 50.9 Å². The third-order valence-electron chi connectivity index (χ3n) is 6.47. The van der Waals surface area contributed by atoms with E-state index in [0.717, 1.165) is 31.4 Å². The lowest BCUT2D eigenvalue weighted by atomic mass is 10.1. The quantitative estimate of drug-likeness (QED) is 0.631. The zero-order chi connectivity index (χ0) is 18.6. The Morgan fingerprint density at radius 2 is 1.63 bits per heavy atom. The molecular formula is C20H31N5O2. The number of nitrogens with one attached hydrogen (secondary N) is 1. The van der Waals surface area contributed by atoms with Gasteiger partial charge in [-0.25, -0.2) is 0 Å². The normalized spacial score (nSPS) is 28.2. The number of hydrogen-bond donors (Lipinski definition) is 1. The van der Waals surface area contributed by atoms with Crippen molar-refractivity contribution in [3.05, 3.63) is 34.4 Å². The summed E-state index contributed by atoms with van der Waals surface area (Å²) < 4.78 is 0. The van der Waals surface area contributed by atoms with E-state index >= 15 is 0 Å². The first-order valence-electron chi connectivity index (χ1n) is 10.4. The topological polar surface area (TPSA) is 64.9 Å². The zero-order valence-corrected chi connectivity index (χ0v) is 16.1. The van der Waals surface area contributed by atoms with Gasteiger partial charge in [0.05, 0.1) is 4.92 Å². The van der Waals surface area contributed by atoms with Gasteiger partial charge in [-0.1, -0.05) is 0 Å². The van der Waals surface area contributed by atoms with Gasteiger partial charge in [0.2, 0.25) is 0 Å². The highest BCUT2D eigenvalue weighted by molar-refractivity contribution is 5.51. The van der Waals surface area contributed by atoms with Crippen LogP contribution in [0.2, 0.25) is 0 Å². The van der Waals surface area contributed by atoms with Crippen LogP contribution in [-0.2, 0) is 0 Å². The Bertz CT molecular complexity index is 626. The third-order valence-corrected chi connectivity index (χ3v) is 6.47. The molecule has 2 unspecified atom stereocenters. The van der Waals surface area contributed by atoms with Gasteiger partial charge in [-0.15, -0.1) is 0 Å². The van der Waals surface area contributed by atoms with Gasteiger partial charge in [-0.3, -0.25) is 19.9 Å². The lowest BCUT2D eigenvalue weighted by molar-refractivity contribution is -0.384. The first-order chi connectivity index (χ1) is 13.2. The van der Waals surface area contributed by atoms with E-state index in [2.05, 4.69) is 20.0 Å². The maximum Gasteiger partial charge on any atom is 0.269 e. The second kappa shape index (κ2) is 8.54. The molecule has 27 heavy (non-hydrogen) atoms. The van der Waals surface area contributed by atoms with Crippen LogP contribution < -0.4 is 10.2 Å². The average Bonchev–Trinajstić information content (AvgIpc) is 3.37. The van der Waals surface area contributed by atoms with Crippen LogP contribution in [0, 0.1) is 10.1 Å². The fourth-order valence-electron chi connectivity index (χ4n) is 4.92. The zero-order valence-electron chi connectivity index (χ0n) is 16.1. The fourth-order valence-corrected chi connectivity index (χ4v) is 4.92. The summed E-state index contributed by atoms with van der Waals surface area (Å²) in [5, 5.41) is 14.0. The summed E-state index contributed by atoms with van der Waals surface area (Å²) >= 11 is 0. The van der Waals surface area contributed by atoms with E-state index in [0.29, 0.717) is 6.04 Å². The molecule has 7 heteroatoms. The van der Waals surface area contributed by atoms with Crippen molar-refractivity contribution in [3.8, 4) is 0 Å². The Balaban J connectivity index is 0.000000167. The van der Waals surface area contributed by atoms with Crippen molar-refractivity contribution in [2.24, 2.45) is 0 Å². The average molecular weight is 374 g/mol. The van der Waals surface area contributed by atoms with Crippen molar-refractivity contribution in [3.63, 3.8) is 0 Å². The minimum atomic E-state index is -0.349. The maximum atomic E-state index is 10.6. The Morgan fingerprint density at radius 1 is 0.926 bits per heavy atom. The summed E-state index contributed by atoms with van der Waals surface area (Å²) in [4.78, 5) is 17.8. The number of anilines is 1. The van der Waals surface area contributed by atoms with Gasteiger partial charge >= 0.3 is 0 Å². The lowest BCUT2D eigenvalue weighted by Gasteiger charge is -2.38. The largest absolute Gasteiger partial charge is 0.369 e. The number of fused-ring (bicyclic) bond motifs is 2. The van der Waals surface area contributed by atoms with Gasteiger partial charge in [0.15, 0.2) is 0 Å². The molecule has 0 saturated carbocycles. The lowest BCUT2D eigenvalue weighted by Crippen LogP contribution is -2.50. The smallest absolute Gasteiger partial charge is 0.269 e. The molecule has 0 aromatic heterocycles. The van der Waals surface area contributed by atoms with Crippen LogP contribution in [0.25, 0.3) is 0 Å². The molecule has 0 aliphatic carbocycles. The molecule has 2 atom stereocenters. The summed E-state index contributed by atoms with van der Waals surface area (Å²) in [5.41, 5.74) is 1.27. The molecule has 1 N–H and O–H groups in total. The van der Waals surface area contributed by atoms with Gasteiger partial charge in [0, 0.05) is 69.2 Å². The second-order valence-electron chi connectivity index (χ2n) is 8.09. The van der Waals surface area contributed by atoms with Gasteiger partial charge in [0.25, 0.3) is 5.69 Å².